The maximum absolute atomic E-state index is 13.6. The Morgan fingerprint density at radius 2 is 1.41 bits per heavy atom. The second-order valence-electron chi connectivity index (χ2n) is 10.1. The van der Waals surface area contributed by atoms with E-state index < -0.39 is 9.84 Å². The van der Waals surface area contributed by atoms with Crippen molar-refractivity contribution in [3.63, 3.8) is 0 Å². The van der Waals surface area contributed by atoms with Crippen LogP contribution in [-0.4, -0.2) is 62.7 Å². The van der Waals surface area contributed by atoms with Crippen molar-refractivity contribution in [2.45, 2.75) is 87.2 Å². The summed E-state index contributed by atoms with van der Waals surface area (Å²) in [6.45, 7) is 0.824. The minimum Gasteiger partial charge on any atom is -0.302 e. The normalized spacial score (nSPS) is 20.2. The summed E-state index contributed by atoms with van der Waals surface area (Å²) < 4.78 is 27.2. The van der Waals surface area contributed by atoms with Gasteiger partial charge in [-0.1, -0.05) is 68.9 Å². The Labute approximate surface area is 194 Å². The molecule has 0 amide bonds. The lowest BCUT2D eigenvalue weighted by Crippen LogP contribution is -2.51. The van der Waals surface area contributed by atoms with Crippen molar-refractivity contribution in [3.8, 4) is 0 Å². The van der Waals surface area contributed by atoms with E-state index in [1.54, 1.807) is 6.07 Å². The largest absolute Gasteiger partial charge is 0.302 e. The van der Waals surface area contributed by atoms with Gasteiger partial charge in [0.15, 0.2) is 9.84 Å². The van der Waals surface area contributed by atoms with Crippen LogP contribution in [0.15, 0.2) is 47.4 Å². The second-order valence-corrected chi connectivity index (χ2v) is 12.2. The van der Waals surface area contributed by atoms with E-state index in [9.17, 15) is 8.42 Å². The highest BCUT2D eigenvalue weighted by Gasteiger charge is 2.31. The smallest absolute Gasteiger partial charge is 0.179 e. The molecular weight excluding hydrogens is 416 g/mol. The molecule has 32 heavy (non-hydrogen) atoms. The summed E-state index contributed by atoms with van der Waals surface area (Å²) in [6, 6.07) is 14.7. The van der Waals surface area contributed by atoms with Gasteiger partial charge in [-0.3, -0.25) is 4.90 Å². The minimum atomic E-state index is -3.38. The van der Waals surface area contributed by atoms with Gasteiger partial charge in [0.2, 0.25) is 0 Å². The average molecular weight is 457 g/mol. The van der Waals surface area contributed by atoms with Gasteiger partial charge in [-0.2, -0.15) is 0 Å². The fourth-order valence-electron chi connectivity index (χ4n) is 5.80. The Kier molecular flexibility index (Phi) is 7.91. The minimum absolute atomic E-state index is 0.0153. The monoisotopic (exact) mass is 456 g/mol. The summed E-state index contributed by atoms with van der Waals surface area (Å²) in [5, 5.41) is 2.07. The molecule has 0 N–H and O–H groups in total. The lowest BCUT2D eigenvalue weighted by molar-refractivity contribution is 0.0970. The molecule has 1 unspecified atom stereocenters. The number of sulfone groups is 1. The summed E-state index contributed by atoms with van der Waals surface area (Å²) in [5.41, 5.74) is 0. The molecule has 2 aromatic carbocycles. The van der Waals surface area contributed by atoms with Crippen LogP contribution in [0, 0.1) is 0 Å². The summed E-state index contributed by atoms with van der Waals surface area (Å²) >= 11 is 0. The van der Waals surface area contributed by atoms with Crippen molar-refractivity contribution in [3.05, 3.63) is 42.5 Å². The zero-order valence-corrected chi connectivity index (χ0v) is 20.7. The number of nitrogens with zero attached hydrogens (tertiary/aromatic N) is 2. The van der Waals surface area contributed by atoms with E-state index in [1.165, 1.54) is 64.2 Å². The van der Waals surface area contributed by atoms with E-state index in [1.807, 2.05) is 36.4 Å². The lowest BCUT2D eigenvalue weighted by Gasteiger charge is -2.41. The van der Waals surface area contributed by atoms with E-state index in [4.69, 9.17) is 0 Å². The molecule has 0 radical (unpaired) electrons. The Balaban J connectivity index is 1.55. The van der Waals surface area contributed by atoms with Crippen LogP contribution in [0.5, 0.6) is 0 Å². The molecular formula is C27H40N2O2S. The first-order valence-electron chi connectivity index (χ1n) is 12.6. The van der Waals surface area contributed by atoms with E-state index >= 15 is 0 Å². The number of benzene rings is 2. The third-order valence-electron chi connectivity index (χ3n) is 7.92. The van der Waals surface area contributed by atoms with Gasteiger partial charge in [0.05, 0.1) is 10.6 Å². The van der Waals surface area contributed by atoms with E-state index in [0.29, 0.717) is 17.0 Å². The van der Waals surface area contributed by atoms with Crippen molar-refractivity contribution in [1.29, 1.82) is 0 Å². The van der Waals surface area contributed by atoms with Gasteiger partial charge in [0.25, 0.3) is 0 Å². The maximum Gasteiger partial charge on any atom is 0.179 e. The first-order valence-corrected chi connectivity index (χ1v) is 14.2. The molecule has 2 saturated carbocycles. The molecule has 0 saturated heterocycles. The first kappa shape index (κ1) is 23.7. The van der Waals surface area contributed by atoms with Crippen molar-refractivity contribution in [1.82, 2.24) is 9.80 Å². The summed E-state index contributed by atoms with van der Waals surface area (Å²) in [4.78, 5) is 5.33. The third kappa shape index (κ3) is 5.73. The standard InChI is InChI=1S/C27H40N2O2S/c1-28(24-13-5-3-6-14-24)20-26(29(2)25-15-7-4-8-16-25)21-32(30,31)27-18-17-22-11-9-10-12-23(22)19-27/h9-12,17-19,24-26H,3-8,13-16,20-21H2,1-2H3. The third-order valence-corrected chi connectivity index (χ3v) is 9.71. The lowest BCUT2D eigenvalue weighted by atomic mass is 9.93. The van der Waals surface area contributed by atoms with Crippen LogP contribution in [-0.2, 0) is 9.84 Å². The van der Waals surface area contributed by atoms with E-state index in [-0.39, 0.29) is 11.8 Å². The second kappa shape index (κ2) is 10.7. The van der Waals surface area contributed by atoms with Gasteiger partial charge < -0.3 is 4.90 Å². The van der Waals surface area contributed by atoms with Gasteiger partial charge in [-0.15, -0.1) is 0 Å². The number of hydrogen-bond donors (Lipinski definition) is 0. The fourth-order valence-corrected chi connectivity index (χ4v) is 7.42. The highest BCUT2D eigenvalue weighted by Crippen LogP contribution is 2.27. The van der Waals surface area contributed by atoms with Gasteiger partial charge in [0, 0.05) is 24.7 Å². The Morgan fingerprint density at radius 3 is 2.06 bits per heavy atom. The van der Waals surface area contributed by atoms with Crippen molar-refractivity contribution < 1.29 is 8.42 Å². The highest BCUT2D eigenvalue weighted by molar-refractivity contribution is 7.91. The molecule has 0 heterocycles. The summed E-state index contributed by atoms with van der Waals surface area (Å²) in [5.74, 6) is 0.190. The van der Waals surface area contributed by atoms with Crippen molar-refractivity contribution in [2.24, 2.45) is 0 Å². The van der Waals surface area contributed by atoms with Crippen LogP contribution in [0.2, 0.25) is 0 Å². The van der Waals surface area contributed by atoms with Crippen LogP contribution < -0.4 is 0 Å². The van der Waals surface area contributed by atoms with Gasteiger partial charge in [0.1, 0.15) is 0 Å². The van der Waals surface area contributed by atoms with Crippen molar-refractivity contribution in [2.75, 3.05) is 26.4 Å². The summed E-state index contributed by atoms with van der Waals surface area (Å²) in [6.07, 6.45) is 12.6. The molecule has 0 bridgehead atoms. The van der Waals surface area contributed by atoms with Crippen LogP contribution in [0.4, 0.5) is 0 Å². The Bertz CT molecular complexity index is 978. The van der Waals surface area contributed by atoms with Gasteiger partial charge in [-0.05, 0) is 62.7 Å². The van der Waals surface area contributed by atoms with Crippen LogP contribution in [0.3, 0.4) is 0 Å². The highest BCUT2D eigenvalue weighted by atomic mass is 32.2. The van der Waals surface area contributed by atoms with Gasteiger partial charge >= 0.3 is 0 Å². The van der Waals surface area contributed by atoms with E-state index in [0.717, 1.165) is 17.3 Å². The first-order chi connectivity index (χ1) is 15.4. The van der Waals surface area contributed by atoms with Crippen LogP contribution >= 0.6 is 0 Å². The molecule has 0 spiro atoms. The average Bonchev–Trinajstić information content (AvgIpc) is 2.83. The van der Waals surface area contributed by atoms with Crippen LogP contribution in [0.1, 0.15) is 64.2 Å². The number of rotatable bonds is 8. The number of fused-ring (bicyclic) bond motifs is 1. The molecule has 2 aliphatic rings. The molecule has 4 rings (SSSR count). The molecule has 1 atom stereocenters. The topological polar surface area (TPSA) is 40.6 Å². The summed E-state index contributed by atoms with van der Waals surface area (Å²) in [7, 11) is 1.00. The molecule has 2 aromatic rings. The van der Waals surface area contributed by atoms with Crippen molar-refractivity contribution >= 4 is 20.6 Å². The molecule has 5 heteroatoms. The number of likely N-dealkylation sites (N-methyl/N-ethyl adjacent to an activating group) is 2. The Hall–Kier alpha value is -1.43. The fraction of sp³-hybridized carbons (Fsp3) is 0.630. The molecule has 4 nitrogen and oxygen atoms in total. The van der Waals surface area contributed by atoms with E-state index in [2.05, 4.69) is 23.9 Å². The predicted octanol–water partition coefficient (Wildman–Crippen LogP) is 5.51. The molecule has 0 aliphatic heterocycles. The van der Waals surface area contributed by atoms with Gasteiger partial charge in [-0.25, -0.2) is 8.42 Å². The van der Waals surface area contributed by atoms with Crippen LogP contribution in [0.25, 0.3) is 10.8 Å². The number of hydrogen-bond acceptors (Lipinski definition) is 4. The molecule has 2 fully saturated rings. The maximum atomic E-state index is 13.6. The molecule has 2 aliphatic carbocycles. The molecule has 176 valence electrons. The zero-order valence-electron chi connectivity index (χ0n) is 19.9. The Morgan fingerprint density at radius 1 is 0.812 bits per heavy atom. The predicted molar refractivity (Wildman–Crippen MR) is 134 cm³/mol. The quantitative estimate of drug-likeness (QED) is 0.525. The zero-order chi connectivity index (χ0) is 22.6. The molecule has 0 aromatic heterocycles. The SMILES string of the molecule is CN(CC(CS(=O)(=O)c1ccc2ccccc2c1)N(C)C1CCCCC1)C1CCCCC1.